The van der Waals surface area contributed by atoms with Crippen LogP contribution in [0.2, 0.25) is 0 Å². The molecule has 0 radical (unpaired) electrons. The fraction of sp³-hybridized carbons (Fsp3) is 0.429. The smallest absolute Gasteiger partial charge is 0.154 e. The van der Waals surface area contributed by atoms with Crippen molar-refractivity contribution in [3.63, 3.8) is 0 Å². The van der Waals surface area contributed by atoms with Crippen molar-refractivity contribution in [2.75, 3.05) is 29.5 Å². The summed E-state index contributed by atoms with van der Waals surface area (Å²) in [5, 5.41) is 8.60. The first-order valence-electron chi connectivity index (χ1n) is 6.92. The van der Waals surface area contributed by atoms with E-state index in [-0.39, 0.29) is 0 Å². The highest BCUT2D eigenvalue weighted by Gasteiger charge is 2.07. The van der Waals surface area contributed by atoms with E-state index in [1.54, 1.807) is 11.3 Å². The summed E-state index contributed by atoms with van der Waals surface area (Å²) in [5.41, 5.74) is 6.67. The van der Waals surface area contributed by atoms with E-state index in [0.717, 1.165) is 32.4 Å². The molecular formula is C14H21N5S. The second-order valence-corrected chi connectivity index (χ2v) is 5.55. The van der Waals surface area contributed by atoms with Gasteiger partial charge in [-0.05, 0) is 24.3 Å². The van der Waals surface area contributed by atoms with E-state index in [9.17, 15) is 0 Å². The zero-order valence-corrected chi connectivity index (χ0v) is 12.5. The Morgan fingerprint density at radius 3 is 2.60 bits per heavy atom. The Hall–Kier alpha value is -1.82. The van der Waals surface area contributed by atoms with E-state index in [4.69, 9.17) is 5.73 Å². The van der Waals surface area contributed by atoms with Gasteiger partial charge in [0.05, 0.1) is 0 Å². The summed E-state index contributed by atoms with van der Waals surface area (Å²) in [7, 11) is 0. The maximum absolute atomic E-state index is 6.08. The Bertz CT molecular complexity index is 512. The Balaban J connectivity index is 1.88. The molecule has 2 heterocycles. The van der Waals surface area contributed by atoms with E-state index in [1.807, 2.05) is 0 Å². The third kappa shape index (κ3) is 4.09. The van der Waals surface area contributed by atoms with Gasteiger partial charge >= 0.3 is 0 Å². The fourth-order valence-corrected chi connectivity index (χ4v) is 2.53. The lowest BCUT2D eigenvalue weighted by Gasteiger charge is -2.12. The molecule has 0 aliphatic rings. The molecule has 0 aliphatic heterocycles. The van der Waals surface area contributed by atoms with Gasteiger partial charge in [-0.1, -0.05) is 19.4 Å². The molecule has 0 fully saturated rings. The second kappa shape index (κ2) is 7.69. The molecule has 4 N–H and O–H groups in total. The van der Waals surface area contributed by atoms with Crippen LogP contribution in [0.25, 0.3) is 0 Å². The van der Waals surface area contributed by atoms with Crippen LogP contribution in [-0.2, 0) is 6.42 Å². The van der Waals surface area contributed by atoms with Crippen molar-refractivity contribution in [2.45, 2.75) is 26.2 Å². The van der Waals surface area contributed by atoms with Crippen LogP contribution in [0.5, 0.6) is 0 Å². The Labute approximate surface area is 123 Å². The number of thiophene rings is 1. The molecule has 20 heavy (non-hydrogen) atoms. The molecule has 0 aromatic carbocycles. The first kappa shape index (κ1) is 14.6. The van der Waals surface area contributed by atoms with E-state index >= 15 is 0 Å². The van der Waals surface area contributed by atoms with Crippen molar-refractivity contribution in [1.29, 1.82) is 0 Å². The number of nitrogens with two attached hydrogens (primary N) is 1. The van der Waals surface area contributed by atoms with Crippen LogP contribution in [0.4, 0.5) is 17.3 Å². The summed E-state index contributed by atoms with van der Waals surface area (Å²) in [6.45, 7) is 3.85. The lowest BCUT2D eigenvalue weighted by Crippen LogP contribution is -2.12. The maximum Gasteiger partial charge on any atom is 0.154 e. The van der Waals surface area contributed by atoms with Gasteiger partial charge in [0.25, 0.3) is 0 Å². The largest absolute Gasteiger partial charge is 0.393 e. The van der Waals surface area contributed by atoms with Gasteiger partial charge < -0.3 is 16.4 Å². The standard InChI is InChI=1S/C14H21N5S/c1-2-3-7-16-13-12(15)14(19-10-18-13)17-8-6-11-5-4-9-20-11/h4-5,9-10H,2-3,6-8,15H2,1H3,(H2,16,17,18,19). The minimum Gasteiger partial charge on any atom is -0.393 e. The molecule has 0 amide bonds. The summed E-state index contributed by atoms with van der Waals surface area (Å²) >= 11 is 1.76. The fourth-order valence-electron chi connectivity index (χ4n) is 1.82. The van der Waals surface area contributed by atoms with Gasteiger partial charge in [0.15, 0.2) is 11.6 Å². The number of anilines is 3. The minimum atomic E-state index is 0.592. The highest BCUT2D eigenvalue weighted by atomic mass is 32.1. The number of nitrogens with zero attached hydrogens (tertiary/aromatic N) is 2. The lowest BCUT2D eigenvalue weighted by molar-refractivity contribution is 0.830. The molecule has 6 heteroatoms. The third-order valence-electron chi connectivity index (χ3n) is 2.95. The molecule has 0 bridgehead atoms. The predicted molar refractivity (Wildman–Crippen MR) is 86.4 cm³/mol. The number of rotatable bonds is 8. The number of nitrogen functional groups attached to an aromatic ring is 1. The molecule has 5 nitrogen and oxygen atoms in total. The summed E-state index contributed by atoms with van der Waals surface area (Å²) in [6, 6.07) is 4.20. The molecule has 2 rings (SSSR count). The summed E-state index contributed by atoms with van der Waals surface area (Å²) in [5.74, 6) is 1.42. The highest BCUT2D eigenvalue weighted by molar-refractivity contribution is 7.09. The van der Waals surface area contributed by atoms with Crippen molar-refractivity contribution in [3.8, 4) is 0 Å². The van der Waals surface area contributed by atoms with Crippen molar-refractivity contribution >= 4 is 28.7 Å². The average molecular weight is 291 g/mol. The molecule has 0 saturated heterocycles. The first-order valence-corrected chi connectivity index (χ1v) is 7.79. The van der Waals surface area contributed by atoms with Crippen LogP contribution in [0.1, 0.15) is 24.6 Å². The molecule has 0 saturated carbocycles. The van der Waals surface area contributed by atoms with Crippen LogP contribution in [0.3, 0.4) is 0 Å². The van der Waals surface area contributed by atoms with Crippen LogP contribution in [0, 0.1) is 0 Å². The summed E-state index contributed by atoms with van der Waals surface area (Å²) < 4.78 is 0. The normalized spacial score (nSPS) is 10.4. The zero-order chi connectivity index (χ0) is 14.2. The van der Waals surface area contributed by atoms with Gasteiger partial charge in [0.1, 0.15) is 12.0 Å². The monoisotopic (exact) mass is 291 g/mol. The molecule has 0 spiro atoms. The van der Waals surface area contributed by atoms with E-state index < -0.39 is 0 Å². The number of nitrogens with one attached hydrogen (secondary N) is 2. The van der Waals surface area contributed by atoms with Crippen LogP contribution >= 0.6 is 11.3 Å². The van der Waals surface area contributed by atoms with E-state index in [2.05, 4.69) is 45.0 Å². The number of hydrogen-bond acceptors (Lipinski definition) is 6. The summed E-state index contributed by atoms with van der Waals surface area (Å²) in [4.78, 5) is 9.74. The summed E-state index contributed by atoms with van der Waals surface area (Å²) in [6.07, 6.45) is 4.76. The van der Waals surface area contributed by atoms with Gasteiger partial charge in [0.2, 0.25) is 0 Å². The van der Waals surface area contributed by atoms with Crippen LogP contribution in [0.15, 0.2) is 23.8 Å². The second-order valence-electron chi connectivity index (χ2n) is 4.52. The molecule has 108 valence electrons. The average Bonchev–Trinajstić information content (AvgIpc) is 2.96. The van der Waals surface area contributed by atoms with Gasteiger partial charge in [-0.25, -0.2) is 9.97 Å². The van der Waals surface area contributed by atoms with Gasteiger partial charge in [0, 0.05) is 18.0 Å². The Morgan fingerprint density at radius 2 is 1.95 bits per heavy atom. The molecule has 2 aromatic rings. The topological polar surface area (TPSA) is 75.9 Å². The molecular weight excluding hydrogens is 270 g/mol. The van der Waals surface area contributed by atoms with E-state index in [0.29, 0.717) is 17.3 Å². The minimum absolute atomic E-state index is 0.592. The highest BCUT2D eigenvalue weighted by Crippen LogP contribution is 2.22. The van der Waals surface area contributed by atoms with Crippen molar-refractivity contribution in [2.24, 2.45) is 0 Å². The third-order valence-corrected chi connectivity index (χ3v) is 3.89. The maximum atomic E-state index is 6.08. The van der Waals surface area contributed by atoms with Gasteiger partial charge in [-0.15, -0.1) is 11.3 Å². The van der Waals surface area contributed by atoms with Crippen molar-refractivity contribution in [1.82, 2.24) is 9.97 Å². The van der Waals surface area contributed by atoms with Gasteiger partial charge in [-0.3, -0.25) is 0 Å². The molecule has 0 aliphatic carbocycles. The number of aromatic nitrogens is 2. The SMILES string of the molecule is CCCCNc1ncnc(NCCc2cccs2)c1N. The first-order chi connectivity index (χ1) is 9.81. The Kier molecular flexibility index (Phi) is 5.61. The molecule has 2 aromatic heterocycles. The lowest BCUT2D eigenvalue weighted by atomic mass is 10.3. The van der Waals surface area contributed by atoms with Crippen LogP contribution < -0.4 is 16.4 Å². The van der Waals surface area contributed by atoms with E-state index in [1.165, 1.54) is 11.2 Å². The molecule has 0 unspecified atom stereocenters. The predicted octanol–water partition coefficient (Wildman–Crippen LogP) is 2.99. The van der Waals surface area contributed by atoms with Crippen molar-refractivity contribution < 1.29 is 0 Å². The quantitative estimate of drug-likeness (QED) is 0.652. The number of hydrogen-bond donors (Lipinski definition) is 3. The van der Waals surface area contributed by atoms with Gasteiger partial charge in [-0.2, -0.15) is 0 Å². The zero-order valence-electron chi connectivity index (χ0n) is 11.7. The van der Waals surface area contributed by atoms with Crippen LogP contribution in [-0.4, -0.2) is 23.1 Å². The van der Waals surface area contributed by atoms with Crippen molar-refractivity contribution in [3.05, 3.63) is 28.7 Å². The number of unbranched alkanes of at least 4 members (excludes halogenated alkanes) is 1. The Morgan fingerprint density at radius 1 is 1.20 bits per heavy atom. The molecule has 0 atom stereocenters.